The fraction of sp³-hybridized carbons (Fsp3) is 0.211. The van der Waals surface area contributed by atoms with Gasteiger partial charge in [-0.3, -0.25) is 0 Å². The Morgan fingerprint density at radius 3 is 2.54 bits per heavy atom. The van der Waals surface area contributed by atoms with E-state index in [4.69, 9.17) is 4.42 Å². The molecule has 0 unspecified atom stereocenters. The van der Waals surface area contributed by atoms with Crippen LogP contribution in [0.3, 0.4) is 0 Å². The third-order valence-electron chi connectivity index (χ3n) is 4.48. The van der Waals surface area contributed by atoms with Crippen molar-refractivity contribution in [1.82, 2.24) is 15.1 Å². The van der Waals surface area contributed by atoms with E-state index in [0.29, 0.717) is 43.5 Å². The molecule has 9 heteroatoms. The van der Waals surface area contributed by atoms with E-state index in [1.54, 1.807) is 17.2 Å². The van der Waals surface area contributed by atoms with E-state index in [1.807, 2.05) is 23.1 Å². The standard InChI is InChI=1S/C19H17F2N5O2/c20-13-3-4-14(21)16(12-13)22-19(27)26-9-7-25(8-10-26)18-6-5-15(23-24-18)17-2-1-11-28-17/h1-6,11-12H,7-10H2,(H,22,27). The third kappa shape index (κ3) is 3.78. The summed E-state index contributed by atoms with van der Waals surface area (Å²) in [5.41, 5.74) is 0.468. The molecule has 3 aromatic rings. The number of benzene rings is 1. The van der Waals surface area contributed by atoms with Gasteiger partial charge in [-0.15, -0.1) is 10.2 Å². The molecule has 0 radical (unpaired) electrons. The number of nitrogens with zero attached hydrogens (tertiary/aromatic N) is 4. The van der Waals surface area contributed by atoms with Gasteiger partial charge in [-0.05, 0) is 36.4 Å². The monoisotopic (exact) mass is 385 g/mol. The summed E-state index contributed by atoms with van der Waals surface area (Å²) in [6, 6.07) is 9.74. The molecule has 7 nitrogen and oxygen atoms in total. The van der Waals surface area contributed by atoms with Crippen LogP contribution in [0.25, 0.3) is 11.5 Å². The highest BCUT2D eigenvalue weighted by molar-refractivity contribution is 5.89. The normalized spacial score (nSPS) is 14.2. The zero-order valence-corrected chi connectivity index (χ0v) is 14.8. The Morgan fingerprint density at radius 1 is 1.04 bits per heavy atom. The van der Waals surface area contributed by atoms with E-state index in [0.717, 1.165) is 18.2 Å². The fourth-order valence-corrected chi connectivity index (χ4v) is 2.98. The molecule has 1 aliphatic rings. The molecule has 0 bridgehead atoms. The zero-order valence-electron chi connectivity index (χ0n) is 14.8. The number of halogens is 2. The van der Waals surface area contributed by atoms with Crippen molar-refractivity contribution in [2.24, 2.45) is 0 Å². The fourth-order valence-electron chi connectivity index (χ4n) is 2.98. The Kier molecular flexibility index (Phi) is 4.88. The number of nitrogens with one attached hydrogen (secondary N) is 1. The van der Waals surface area contributed by atoms with E-state index < -0.39 is 17.7 Å². The number of furan rings is 1. The van der Waals surface area contributed by atoms with E-state index in [1.165, 1.54) is 0 Å². The SMILES string of the molecule is O=C(Nc1cc(F)ccc1F)N1CCN(c2ccc(-c3ccco3)nn2)CC1. The lowest BCUT2D eigenvalue weighted by molar-refractivity contribution is 0.208. The highest BCUT2D eigenvalue weighted by atomic mass is 19.1. The summed E-state index contributed by atoms with van der Waals surface area (Å²) in [6.45, 7) is 1.94. The second-order valence-electron chi connectivity index (χ2n) is 6.28. The molecule has 144 valence electrons. The summed E-state index contributed by atoms with van der Waals surface area (Å²) in [6.07, 6.45) is 1.57. The number of aromatic nitrogens is 2. The van der Waals surface area contributed by atoms with Crippen molar-refractivity contribution in [2.75, 3.05) is 36.4 Å². The lowest BCUT2D eigenvalue weighted by Gasteiger charge is -2.35. The maximum Gasteiger partial charge on any atom is 0.322 e. The lowest BCUT2D eigenvalue weighted by Crippen LogP contribution is -2.50. The molecule has 3 heterocycles. The largest absolute Gasteiger partial charge is 0.463 e. The molecule has 1 aromatic carbocycles. The first-order valence-electron chi connectivity index (χ1n) is 8.74. The third-order valence-corrected chi connectivity index (χ3v) is 4.48. The molecule has 28 heavy (non-hydrogen) atoms. The highest BCUT2D eigenvalue weighted by Gasteiger charge is 2.23. The Hall–Kier alpha value is -3.49. The molecular formula is C19H17F2N5O2. The van der Waals surface area contributed by atoms with Crippen LogP contribution in [0.4, 0.5) is 25.1 Å². The molecule has 1 fully saturated rings. The first-order valence-corrected chi connectivity index (χ1v) is 8.74. The van der Waals surface area contributed by atoms with Gasteiger partial charge in [0.15, 0.2) is 11.6 Å². The zero-order chi connectivity index (χ0) is 19.5. The molecule has 0 atom stereocenters. The number of hydrogen-bond acceptors (Lipinski definition) is 5. The predicted molar refractivity (Wildman–Crippen MR) is 98.9 cm³/mol. The van der Waals surface area contributed by atoms with E-state index in [-0.39, 0.29) is 5.69 Å². The van der Waals surface area contributed by atoms with E-state index in [2.05, 4.69) is 15.5 Å². The Labute approximate surface area is 159 Å². The van der Waals surface area contributed by atoms with Crippen LogP contribution in [0, 0.1) is 11.6 Å². The van der Waals surface area contributed by atoms with Crippen molar-refractivity contribution >= 4 is 17.5 Å². The van der Waals surface area contributed by atoms with Crippen LogP contribution in [-0.4, -0.2) is 47.3 Å². The number of amides is 2. The Morgan fingerprint density at radius 2 is 1.86 bits per heavy atom. The second-order valence-corrected chi connectivity index (χ2v) is 6.28. The van der Waals surface area contributed by atoms with Gasteiger partial charge in [-0.2, -0.15) is 0 Å². The number of anilines is 2. The van der Waals surface area contributed by atoms with Gasteiger partial charge < -0.3 is 19.5 Å². The maximum atomic E-state index is 13.7. The van der Waals surface area contributed by atoms with Crippen molar-refractivity contribution < 1.29 is 18.0 Å². The van der Waals surface area contributed by atoms with Crippen LogP contribution in [0.2, 0.25) is 0 Å². The molecule has 4 rings (SSSR count). The first-order chi connectivity index (χ1) is 13.6. The van der Waals surface area contributed by atoms with E-state index >= 15 is 0 Å². The number of rotatable bonds is 3. The minimum atomic E-state index is -0.680. The molecular weight excluding hydrogens is 368 g/mol. The molecule has 2 aromatic heterocycles. The minimum absolute atomic E-state index is 0.174. The molecule has 0 saturated carbocycles. The molecule has 1 N–H and O–H groups in total. The number of urea groups is 1. The summed E-state index contributed by atoms with van der Waals surface area (Å²) in [7, 11) is 0. The van der Waals surface area contributed by atoms with Crippen molar-refractivity contribution in [3.8, 4) is 11.5 Å². The van der Waals surface area contributed by atoms with Crippen LogP contribution >= 0.6 is 0 Å². The Bertz CT molecular complexity index is 955. The summed E-state index contributed by atoms with van der Waals surface area (Å²) >= 11 is 0. The van der Waals surface area contributed by atoms with Gasteiger partial charge in [0.1, 0.15) is 17.3 Å². The summed E-state index contributed by atoms with van der Waals surface area (Å²) in [5, 5.41) is 10.8. The molecule has 1 saturated heterocycles. The van der Waals surface area contributed by atoms with Gasteiger partial charge in [0, 0.05) is 32.2 Å². The lowest BCUT2D eigenvalue weighted by atomic mass is 10.2. The first kappa shape index (κ1) is 17.9. The van der Waals surface area contributed by atoms with Gasteiger partial charge in [-0.25, -0.2) is 13.6 Å². The van der Waals surface area contributed by atoms with Gasteiger partial charge in [0.25, 0.3) is 0 Å². The van der Waals surface area contributed by atoms with E-state index in [9.17, 15) is 13.6 Å². The topological polar surface area (TPSA) is 74.5 Å². The van der Waals surface area contributed by atoms with Crippen LogP contribution in [0.5, 0.6) is 0 Å². The van der Waals surface area contributed by atoms with Crippen LogP contribution < -0.4 is 10.2 Å². The molecule has 0 aliphatic carbocycles. The van der Waals surface area contributed by atoms with Gasteiger partial charge >= 0.3 is 6.03 Å². The minimum Gasteiger partial charge on any atom is -0.463 e. The van der Waals surface area contributed by atoms with Crippen molar-refractivity contribution in [1.29, 1.82) is 0 Å². The average molecular weight is 385 g/mol. The Balaban J connectivity index is 1.35. The number of carbonyl (C=O) groups excluding carboxylic acids is 1. The second kappa shape index (κ2) is 7.63. The van der Waals surface area contributed by atoms with Gasteiger partial charge in [-0.1, -0.05) is 0 Å². The smallest absolute Gasteiger partial charge is 0.322 e. The van der Waals surface area contributed by atoms with Gasteiger partial charge in [0.05, 0.1) is 12.0 Å². The maximum absolute atomic E-state index is 13.7. The van der Waals surface area contributed by atoms with Crippen LogP contribution in [0.1, 0.15) is 0 Å². The molecule has 1 aliphatic heterocycles. The van der Waals surface area contributed by atoms with Crippen LogP contribution in [-0.2, 0) is 0 Å². The van der Waals surface area contributed by atoms with Gasteiger partial charge in [0.2, 0.25) is 0 Å². The van der Waals surface area contributed by atoms with Crippen LogP contribution in [0.15, 0.2) is 53.1 Å². The van der Waals surface area contributed by atoms with Crippen molar-refractivity contribution in [3.63, 3.8) is 0 Å². The van der Waals surface area contributed by atoms with Crippen molar-refractivity contribution in [3.05, 3.63) is 60.4 Å². The molecule has 2 amide bonds. The summed E-state index contributed by atoms with van der Waals surface area (Å²) in [5.74, 6) is 0.0510. The van der Waals surface area contributed by atoms with Crippen molar-refractivity contribution in [2.45, 2.75) is 0 Å². The molecule has 0 spiro atoms. The number of piperazine rings is 1. The number of carbonyl (C=O) groups is 1. The predicted octanol–water partition coefficient (Wildman–Crippen LogP) is 3.37. The average Bonchev–Trinajstić information content (AvgIpc) is 3.26. The summed E-state index contributed by atoms with van der Waals surface area (Å²) in [4.78, 5) is 15.9. The highest BCUT2D eigenvalue weighted by Crippen LogP contribution is 2.20. The number of hydrogen-bond donors (Lipinski definition) is 1. The summed E-state index contributed by atoms with van der Waals surface area (Å²) < 4.78 is 32.2. The quantitative estimate of drug-likeness (QED) is 0.748.